The number of aliphatic carboxylic acids is 1. The highest BCUT2D eigenvalue weighted by Crippen LogP contribution is 2.32. The van der Waals surface area contributed by atoms with Crippen LogP contribution < -0.4 is 5.32 Å². The Morgan fingerprint density at radius 2 is 2.44 bits per heavy atom. The highest BCUT2D eigenvalue weighted by atomic mass is 16.4. The summed E-state index contributed by atoms with van der Waals surface area (Å²) in [4.78, 5) is 22.0. The van der Waals surface area contributed by atoms with Gasteiger partial charge in [0.05, 0.1) is 12.5 Å². The van der Waals surface area contributed by atoms with Crippen molar-refractivity contribution >= 4 is 11.9 Å². The first-order chi connectivity index (χ1) is 7.56. The molecule has 5 nitrogen and oxygen atoms in total. The van der Waals surface area contributed by atoms with E-state index in [-0.39, 0.29) is 24.3 Å². The summed E-state index contributed by atoms with van der Waals surface area (Å²) in [6, 6.07) is 1.75. The molecule has 1 aromatic heterocycles. The van der Waals surface area contributed by atoms with Crippen LogP contribution in [0.2, 0.25) is 0 Å². The van der Waals surface area contributed by atoms with Crippen LogP contribution in [-0.2, 0) is 16.6 Å². The molecule has 1 fully saturated rings. The maximum atomic E-state index is 11.3. The van der Waals surface area contributed by atoms with Crippen LogP contribution in [-0.4, -0.2) is 21.6 Å². The third-order valence-electron chi connectivity index (χ3n) is 2.89. The molecule has 2 heterocycles. The van der Waals surface area contributed by atoms with Crippen LogP contribution in [0, 0.1) is 5.92 Å². The van der Waals surface area contributed by atoms with Crippen LogP contribution in [0.25, 0.3) is 0 Å². The molecule has 1 saturated heterocycles. The molecule has 1 aromatic rings. The van der Waals surface area contributed by atoms with Crippen molar-refractivity contribution in [3.8, 4) is 0 Å². The van der Waals surface area contributed by atoms with Crippen molar-refractivity contribution in [3.63, 3.8) is 0 Å². The molecule has 5 heteroatoms. The molecule has 86 valence electrons. The smallest absolute Gasteiger partial charge is 0.303 e. The largest absolute Gasteiger partial charge is 0.481 e. The Morgan fingerprint density at radius 3 is 3.00 bits per heavy atom. The van der Waals surface area contributed by atoms with Crippen LogP contribution in [0.4, 0.5) is 0 Å². The van der Waals surface area contributed by atoms with E-state index in [4.69, 9.17) is 5.11 Å². The van der Waals surface area contributed by atoms with Gasteiger partial charge in [-0.05, 0) is 11.6 Å². The molecule has 1 amide bonds. The number of carboxylic acids is 1. The fourth-order valence-corrected chi connectivity index (χ4v) is 2.18. The van der Waals surface area contributed by atoms with Crippen molar-refractivity contribution in [2.75, 3.05) is 0 Å². The van der Waals surface area contributed by atoms with Gasteiger partial charge in [0.15, 0.2) is 0 Å². The first-order valence-corrected chi connectivity index (χ1v) is 5.19. The van der Waals surface area contributed by atoms with E-state index < -0.39 is 5.97 Å². The molecule has 0 aromatic carbocycles. The van der Waals surface area contributed by atoms with Gasteiger partial charge in [-0.3, -0.25) is 9.59 Å². The predicted molar refractivity (Wildman–Crippen MR) is 56.7 cm³/mol. The van der Waals surface area contributed by atoms with Crippen LogP contribution in [0.1, 0.15) is 24.4 Å². The van der Waals surface area contributed by atoms with E-state index in [9.17, 15) is 9.59 Å². The first-order valence-electron chi connectivity index (χ1n) is 5.19. The molecule has 0 saturated carbocycles. The van der Waals surface area contributed by atoms with Gasteiger partial charge < -0.3 is 15.0 Å². The van der Waals surface area contributed by atoms with E-state index in [0.717, 1.165) is 5.56 Å². The third-order valence-corrected chi connectivity index (χ3v) is 2.89. The summed E-state index contributed by atoms with van der Waals surface area (Å²) >= 11 is 0. The Morgan fingerprint density at radius 1 is 1.69 bits per heavy atom. The summed E-state index contributed by atoms with van der Waals surface area (Å²) in [5.41, 5.74) is 0.972. The summed E-state index contributed by atoms with van der Waals surface area (Å²) in [7, 11) is 1.90. The molecule has 16 heavy (non-hydrogen) atoms. The van der Waals surface area contributed by atoms with Crippen molar-refractivity contribution < 1.29 is 14.7 Å². The van der Waals surface area contributed by atoms with E-state index in [0.29, 0.717) is 6.42 Å². The summed E-state index contributed by atoms with van der Waals surface area (Å²) in [6.07, 6.45) is 4.12. The number of nitrogens with one attached hydrogen (secondary N) is 1. The zero-order valence-electron chi connectivity index (χ0n) is 9.01. The van der Waals surface area contributed by atoms with Gasteiger partial charge in [-0.2, -0.15) is 0 Å². The minimum absolute atomic E-state index is 0.0261. The van der Waals surface area contributed by atoms with Gasteiger partial charge in [-0.25, -0.2) is 0 Å². The normalized spacial score (nSPS) is 24.4. The van der Waals surface area contributed by atoms with E-state index >= 15 is 0 Å². The molecule has 0 radical (unpaired) electrons. The van der Waals surface area contributed by atoms with Gasteiger partial charge >= 0.3 is 5.97 Å². The van der Waals surface area contributed by atoms with Gasteiger partial charge in [0.1, 0.15) is 0 Å². The van der Waals surface area contributed by atoms with Gasteiger partial charge in [0.2, 0.25) is 5.91 Å². The lowest BCUT2D eigenvalue weighted by Crippen LogP contribution is -2.21. The van der Waals surface area contributed by atoms with E-state index in [1.54, 1.807) is 0 Å². The van der Waals surface area contributed by atoms with E-state index in [1.165, 1.54) is 0 Å². The average Bonchev–Trinajstić information content (AvgIpc) is 2.72. The zero-order chi connectivity index (χ0) is 11.7. The maximum Gasteiger partial charge on any atom is 0.303 e. The van der Waals surface area contributed by atoms with E-state index in [1.807, 2.05) is 30.1 Å². The van der Waals surface area contributed by atoms with Crippen LogP contribution in [0.15, 0.2) is 18.5 Å². The second-order valence-corrected chi connectivity index (χ2v) is 4.22. The number of hydrogen-bond acceptors (Lipinski definition) is 2. The van der Waals surface area contributed by atoms with Crippen molar-refractivity contribution in [1.82, 2.24) is 9.88 Å². The lowest BCUT2D eigenvalue weighted by atomic mass is 9.93. The highest BCUT2D eigenvalue weighted by Gasteiger charge is 2.35. The van der Waals surface area contributed by atoms with Gasteiger partial charge in [0.25, 0.3) is 0 Å². The molecule has 0 spiro atoms. The van der Waals surface area contributed by atoms with Crippen molar-refractivity contribution in [2.45, 2.75) is 18.9 Å². The molecule has 2 N–H and O–H groups in total. The zero-order valence-corrected chi connectivity index (χ0v) is 9.01. The SMILES string of the molecule is Cn1ccc([C@H]2NC(=O)C[C@@H]2CC(=O)O)c1. The summed E-state index contributed by atoms with van der Waals surface area (Å²) in [5, 5.41) is 11.6. The number of nitrogens with zero attached hydrogens (tertiary/aromatic N) is 1. The molecule has 1 aliphatic heterocycles. The molecular formula is C11H14N2O3. The van der Waals surface area contributed by atoms with Crippen molar-refractivity contribution in [3.05, 3.63) is 24.0 Å². The topological polar surface area (TPSA) is 71.3 Å². The highest BCUT2D eigenvalue weighted by molar-refractivity contribution is 5.80. The molecule has 1 aliphatic rings. The lowest BCUT2D eigenvalue weighted by molar-refractivity contribution is -0.138. The summed E-state index contributed by atoms with van der Waals surface area (Å²) < 4.78 is 1.89. The number of amides is 1. The Labute approximate surface area is 93.1 Å². The second-order valence-electron chi connectivity index (χ2n) is 4.22. The quantitative estimate of drug-likeness (QED) is 0.789. The number of carbonyl (C=O) groups is 2. The standard InChI is InChI=1S/C11H14N2O3/c1-13-3-2-7(6-13)11-8(5-10(15)16)4-9(14)12-11/h2-3,6,8,11H,4-5H2,1H3,(H,12,14)(H,15,16)/t8-,11-/m1/s1. The molecule has 0 unspecified atom stereocenters. The molecule has 2 rings (SSSR count). The Balaban J connectivity index is 2.18. The Bertz CT molecular complexity index is 425. The number of aryl methyl sites for hydroxylation is 1. The fourth-order valence-electron chi connectivity index (χ4n) is 2.18. The van der Waals surface area contributed by atoms with Crippen LogP contribution in [0.3, 0.4) is 0 Å². The average molecular weight is 222 g/mol. The number of rotatable bonds is 3. The molecule has 0 bridgehead atoms. The summed E-state index contributed by atoms with van der Waals surface area (Å²) in [5.74, 6) is -1.07. The third kappa shape index (κ3) is 2.08. The first kappa shape index (κ1) is 10.7. The number of carboxylic acid groups (broad SMARTS) is 1. The minimum Gasteiger partial charge on any atom is -0.481 e. The van der Waals surface area contributed by atoms with Crippen molar-refractivity contribution in [2.24, 2.45) is 13.0 Å². The number of carbonyl (C=O) groups excluding carboxylic acids is 1. The van der Waals surface area contributed by atoms with Crippen molar-refractivity contribution in [1.29, 1.82) is 0 Å². The second kappa shape index (κ2) is 4.00. The van der Waals surface area contributed by atoms with Crippen LogP contribution in [0.5, 0.6) is 0 Å². The predicted octanol–water partition coefficient (Wildman–Crippen LogP) is 0.677. The van der Waals surface area contributed by atoms with E-state index in [2.05, 4.69) is 5.32 Å². The Hall–Kier alpha value is -1.78. The molecule has 0 aliphatic carbocycles. The Kier molecular flexibility index (Phi) is 2.68. The maximum absolute atomic E-state index is 11.3. The van der Waals surface area contributed by atoms with Gasteiger partial charge in [-0.1, -0.05) is 0 Å². The van der Waals surface area contributed by atoms with Gasteiger partial charge in [0, 0.05) is 31.8 Å². The monoisotopic (exact) mass is 222 g/mol. The molecular weight excluding hydrogens is 208 g/mol. The van der Waals surface area contributed by atoms with Gasteiger partial charge in [-0.15, -0.1) is 0 Å². The minimum atomic E-state index is -0.859. The number of aromatic nitrogens is 1. The molecule has 2 atom stereocenters. The lowest BCUT2D eigenvalue weighted by Gasteiger charge is -2.15. The number of hydrogen-bond donors (Lipinski definition) is 2. The fraction of sp³-hybridized carbons (Fsp3) is 0.455. The van der Waals surface area contributed by atoms with Crippen LogP contribution >= 0.6 is 0 Å². The summed E-state index contributed by atoms with van der Waals surface area (Å²) in [6.45, 7) is 0.